The van der Waals surface area contributed by atoms with Crippen LogP contribution in [-0.4, -0.2) is 17.7 Å². The maximum absolute atomic E-state index is 13.1. The number of carbonyl (C=O) groups excluding carboxylic acids is 3. The molecule has 0 bridgehead atoms. The van der Waals surface area contributed by atoms with E-state index >= 15 is 0 Å². The normalized spacial score (nSPS) is 14.9. The molecular formula is C24H22ClN3O3S. The summed E-state index contributed by atoms with van der Waals surface area (Å²) in [7, 11) is 0. The van der Waals surface area contributed by atoms with E-state index in [9.17, 15) is 14.4 Å². The topological polar surface area (TPSA) is 101 Å². The molecule has 1 atom stereocenters. The second kappa shape index (κ2) is 9.14. The van der Waals surface area contributed by atoms with Gasteiger partial charge in [-0.15, -0.1) is 11.3 Å². The van der Waals surface area contributed by atoms with Gasteiger partial charge in [0.1, 0.15) is 6.04 Å². The van der Waals surface area contributed by atoms with E-state index in [2.05, 4.69) is 10.6 Å². The van der Waals surface area contributed by atoms with E-state index in [1.807, 2.05) is 30.3 Å². The molecule has 1 aromatic heterocycles. The third-order valence-electron chi connectivity index (χ3n) is 5.60. The molecule has 4 rings (SSSR count). The van der Waals surface area contributed by atoms with Gasteiger partial charge in [0.05, 0.1) is 9.21 Å². The Morgan fingerprint density at radius 1 is 1.00 bits per heavy atom. The molecule has 1 unspecified atom stereocenters. The first-order chi connectivity index (χ1) is 15.4. The van der Waals surface area contributed by atoms with Gasteiger partial charge in [-0.3, -0.25) is 14.4 Å². The first-order valence-electron chi connectivity index (χ1n) is 10.2. The highest BCUT2D eigenvalue weighted by Crippen LogP contribution is 2.51. The number of nitrogens with one attached hydrogen (secondary N) is 2. The van der Waals surface area contributed by atoms with Crippen LogP contribution in [0.5, 0.6) is 0 Å². The lowest BCUT2D eigenvalue weighted by atomic mass is 9.92. The van der Waals surface area contributed by atoms with Gasteiger partial charge >= 0.3 is 0 Å². The fraction of sp³-hybridized carbons (Fsp3) is 0.208. The first kappa shape index (κ1) is 22.0. The summed E-state index contributed by atoms with van der Waals surface area (Å²) in [6.45, 7) is 0. The van der Waals surface area contributed by atoms with Crippen LogP contribution in [0.15, 0.2) is 66.7 Å². The molecule has 0 radical (unpaired) electrons. The third kappa shape index (κ3) is 5.00. The van der Waals surface area contributed by atoms with E-state index in [1.165, 1.54) is 0 Å². The molecule has 0 saturated heterocycles. The van der Waals surface area contributed by atoms with Crippen LogP contribution in [0.4, 0.5) is 5.69 Å². The molecule has 32 heavy (non-hydrogen) atoms. The summed E-state index contributed by atoms with van der Waals surface area (Å²) in [5.41, 5.74) is 7.52. The molecule has 1 fully saturated rings. The van der Waals surface area contributed by atoms with Crippen molar-refractivity contribution in [3.63, 3.8) is 0 Å². The predicted molar refractivity (Wildman–Crippen MR) is 126 cm³/mol. The Morgan fingerprint density at radius 2 is 1.69 bits per heavy atom. The van der Waals surface area contributed by atoms with E-state index in [0.29, 0.717) is 26.9 Å². The Hall–Kier alpha value is -3.16. The van der Waals surface area contributed by atoms with Crippen LogP contribution < -0.4 is 16.4 Å². The minimum absolute atomic E-state index is 0.170. The van der Waals surface area contributed by atoms with Crippen molar-refractivity contribution >= 4 is 46.3 Å². The van der Waals surface area contributed by atoms with E-state index in [0.717, 1.165) is 29.7 Å². The number of halogens is 1. The number of benzene rings is 2. The number of anilines is 1. The molecule has 1 saturated carbocycles. The van der Waals surface area contributed by atoms with E-state index in [1.54, 1.807) is 36.4 Å². The highest BCUT2D eigenvalue weighted by Gasteiger charge is 2.45. The van der Waals surface area contributed by atoms with Gasteiger partial charge in [-0.1, -0.05) is 54.1 Å². The first-order valence-corrected chi connectivity index (χ1v) is 11.4. The predicted octanol–water partition coefficient (Wildman–Crippen LogP) is 4.42. The average Bonchev–Trinajstić information content (AvgIpc) is 3.42. The average molecular weight is 468 g/mol. The van der Waals surface area contributed by atoms with Crippen molar-refractivity contribution in [2.75, 3.05) is 5.32 Å². The molecule has 2 aromatic carbocycles. The fourth-order valence-corrected chi connectivity index (χ4v) is 4.70. The lowest BCUT2D eigenvalue weighted by Gasteiger charge is -2.19. The van der Waals surface area contributed by atoms with Crippen LogP contribution >= 0.6 is 22.9 Å². The van der Waals surface area contributed by atoms with E-state index in [-0.39, 0.29) is 23.1 Å². The molecule has 8 heteroatoms. The standard InChI is InChI=1S/C24H22ClN3O3S/c25-19-11-10-18(32-19)22(30)28-21(15-4-2-1-3-5-15)23(31)27-17-8-6-16(7-9-17)24(12-13-24)14-20(26)29/h1-11,21H,12-14H2,(H2,26,29)(H,27,31)(H,28,30). The van der Waals surface area contributed by atoms with Crippen molar-refractivity contribution in [3.8, 4) is 0 Å². The number of nitrogens with two attached hydrogens (primary N) is 1. The van der Waals surface area contributed by atoms with Crippen molar-refractivity contribution < 1.29 is 14.4 Å². The summed E-state index contributed by atoms with van der Waals surface area (Å²) >= 11 is 7.09. The zero-order chi connectivity index (χ0) is 22.7. The molecule has 3 amide bonds. The molecule has 4 N–H and O–H groups in total. The second-order valence-corrected chi connectivity index (χ2v) is 9.63. The van der Waals surface area contributed by atoms with Crippen molar-refractivity contribution in [1.29, 1.82) is 0 Å². The zero-order valence-electron chi connectivity index (χ0n) is 17.1. The van der Waals surface area contributed by atoms with Gasteiger partial charge in [0.15, 0.2) is 0 Å². The number of thiophene rings is 1. The second-order valence-electron chi connectivity index (χ2n) is 7.91. The van der Waals surface area contributed by atoms with Crippen molar-refractivity contribution in [2.45, 2.75) is 30.7 Å². The fourth-order valence-electron chi connectivity index (χ4n) is 3.76. The highest BCUT2D eigenvalue weighted by molar-refractivity contribution is 7.18. The van der Waals surface area contributed by atoms with Crippen LogP contribution in [0.3, 0.4) is 0 Å². The molecule has 1 aliphatic carbocycles. The van der Waals surface area contributed by atoms with Gasteiger partial charge in [-0.2, -0.15) is 0 Å². The minimum atomic E-state index is -0.881. The van der Waals surface area contributed by atoms with E-state index < -0.39 is 6.04 Å². The summed E-state index contributed by atoms with van der Waals surface area (Å²) < 4.78 is 0.501. The molecule has 3 aromatic rings. The lowest BCUT2D eigenvalue weighted by molar-refractivity contribution is -0.119. The summed E-state index contributed by atoms with van der Waals surface area (Å²) in [6.07, 6.45) is 2.18. The Kier molecular flexibility index (Phi) is 6.30. The third-order valence-corrected chi connectivity index (χ3v) is 6.83. The van der Waals surface area contributed by atoms with Crippen LogP contribution in [0.2, 0.25) is 4.34 Å². The molecule has 0 aliphatic heterocycles. The van der Waals surface area contributed by atoms with Crippen molar-refractivity contribution in [2.24, 2.45) is 5.73 Å². The summed E-state index contributed by atoms with van der Waals surface area (Å²) in [6, 6.07) is 18.9. The van der Waals surface area contributed by atoms with Crippen molar-refractivity contribution in [3.05, 3.63) is 87.1 Å². The van der Waals surface area contributed by atoms with Crippen LogP contribution in [0.1, 0.15) is 46.1 Å². The Balaban J connectivity index is 1.50. The molecule has 6 nitrogen and oxygen atoms in total. The van der Waals surface area contributed by atoms with Crippen molar-refractivity contribution in [1.82, 2.24) is 5.32 Å². The molecule has 0 spiro atoms. The largest absolute Gasteiger partial charge is 0.370 e. The van der Waals surface area contributed by atoms with Gasteiger partial charge < -0.3 is 16.4 Å². The quantitative estimate of drug-likeness (QED) is 0.457. The number of carbonyl (C=O) groups is 3. The van der Waals surface area contributed by atoms with Crippen LogP contribution in [-0.2, 0) is 15.0 Å². The van der Waals surface area contributed by atoms with Gasteiger partial charge in [0.2, 0.25) is 5.91 Å². The molecule has 164 valence electrons. The summed E-state index contributed by atoms with van der Waals surface area (Å²) in [5.74, 6) is -1.05. The monoisotopic (exact) mass is 467 g/mol. The van der Waals surface area contributed by atoms with Gasteiger partial charge in [0, 0.05) is 17.5 Å². The Morgan fingerprint density at radius 3 is 2.25 bits per heavy atom. The maximum Gasteiger partial charge on any atom is 0.262 e. The lowest BCUT2D eigenvalue weighted by Crippen LogP contribution is -2.36. The smallest absolute Gasteiger partial charge is 0.262 e. The van der Waals surface area contributed by atoms with Crippen LogP contribution in [0.25, 0.3) is 0 Å². The number of amides is 3. The number of hydrogen-bond acceptors (Lipinski definition) is 4. The molecular weight excluding hydrogens is 446 g/mol. The number of rotatable bonds is 8. The highest BCUT2D eigenvalue weighted by atomic mass is 35.5. The molecule has 1 heterocycles. The van der Waals surface area contributed by atoms with Gasteiger partial charge in [-0.25, -0.2) is 0 Å². The number of hydrogen-bond donors (Lipinski definition) is 3. The molecule has 1 aliphatic rings. The SMILES string of the molecule is NC(=O)CC1(c2ccc(NC(=O)C(NC(=O)c3ccc(Cl)s3)c3ccccc3)cc2)CC1. The number of primary amides is 1. The Labute approximate surface area is 194 Å². The Bertz CT molecular complexity index is 1140. The van der Waals surface area contributed by atoms with Gasteiger partial charge in [0.25, 0.3) is 11.8 Å². The zero-order valence-corrected chi connectivity index (χ0v) is 18.7. The van der Waals surface area contributed by atoms with Gasteiger partial charge in [-0.05, 0) is 48.2 Å². The summed E-state index contributed by atoms with van der Waals surface area (Å²) in [4.78, 5) is 37.6. The summed E-state index contributed by atoms with van der Waals surface area (Å²) in [5, 5.41) is 5.67. The minimum Gasteiger partial charge on any atom is -0.370 e. The maximum atomic E-state index is 13.1. The van der Waals surface area contributed by atoms with E-state index in [4.69, 9.17) is 17.3 Å². The van der Waals surface area contributed by atoms with Crippen LogP contribution in [0, 0.1) is 0 Å².